The van der Waals surface area contributed by atoms with Gasteiger partial charge in [0.25, 0.3) is 0 Å². The number of nitrogens with zero attached hydrogens (tertiary/aromatic N) is 3. The number of likely N-dealkylation sites (tertiary alicyclic amines) is 1. The lowest BCUT2D eigenvalue weighted by Crippen LogP contribution is -2.37. The molecule has 30 heavy (non-hydrogen) atoms. The highest BCUT2D eigenvalue weighted by Crippen LogP contribution is 2.44. The van der Waals surface area contributed by atoms with Crippen LogP contribution in [-0.4, -0.2) is 46.8 Å². The summed E-state index contributed by atoms with van der Waals surface area (Å²) in [7, 11) is 0. The minimum atomic E-state index is -0.619. The van der Waals surface area contributed by atoms with Gasteiger partial charge in [0.1, 0.15) is 17.2 Å². The predicted octanol–water partition coefficient (Wildman–Crippen LogP) is 4.12. The third-order valence-corrected chi connectivity index (χ3v) is 6.12. The first-order chi connectivity index (χ1) is 14.1. The van der Waals surface area contributed by atoms with Gasteiger partial charge in [0.05, 0.1) is 6.04 Å². The lowest BCUT2D eigenvalue weighted by molar-refractivity contribution is -0.137. The molecule has 2 amide bonds. The van der Waals surface area contributed by atoms with Crippen molar-refractivity contribution in [3.05, 3.63) is 35.4 Å². The van der Waals surface area contributed by atoms with Crippen molar-refractivity contribution in [1.29, 1.82) is 0 Å². The number of amides is 2. The van der Waals surface area contributed by atoms with Crippen molar-refractivity contribution in [1.82, 2.24) is 9.91 Å². The average Bonchev–Trinajstić information content (AvgIpc) is 3.35. The fourth-order valence-corrected chi connectivity index (χ4v) is 4.82. The van der Waals surface area contributed by atoms with E-state index in [0.717, 1.165) is 18.2 Å². The molecule has 3 atom stereocenters. The molecule has 2 aliphatic heterocycles. The Morgan fingerprint density at radius 1 is 1.13 bits per heavy atom. The number of hydrazone groups is 1. The molecule has 0 aromatic heterocycles. The first-order valence-corrected chi connectivity index (χ1v) is 10.4. The highest BCUT2D eigenvalue weighted by atomic mass is 19.1. The molecule has 0 N–H and O–H groups in total. The van der Waals surface area contributed by atoms with E-state index in [1.165, 1.54) is 5.01 Å². The maximum absolute atomic E-state index is 14.2. The van der Waals surface area contributed by atoms with E-state index >= 15 is 0 Å². The van der Waals surface area contributed by atoms with Crippen LogP contribution >= 0.6 is 0 Å². The molecule has 1 saturated carbocycles. The first-order valence-electron chi connectivity index (χ1n) is 10.4. The Hall–Kier alpha value is -2.51. The molecule has 0 spiro atoms. The Morgan fingerprint density at radius 2 is 1.80 bits per heavy atom. The molecule has 4 rings (SSSR count). The van der Waals surface area contributed by atoms with Crippen LogP contribution in [0.3, 0.4) is 0 Å². The zero-order valence-electron chi connectivity index (χ0n) is 17.5. The van der Waals surface area contributed by atoms with Crippen molar-refractivity contribution < 1.29 is 23.1 Å². The van der Waals surface area contributed by atoms with Crippen molar-refractivity contribution in [3.63, 3.8) is 0 Å². The third kappa shape index (κ3) is 4.04. The number of carbonyl (C=O) groups excluding carboxylic acids is 2. The summed E-state index contributed by atoms with van der Waals surface area (Å²) in [6.07, 6.45) is 2.94. The molecule has 1 aromatic rings. The lowest BCUT2D eigenvalue weighted by atomic mass is 10.00. The van der Waals surface area contributed by atoms with E-state index in [9.17, 15) is 18.4 Å². The molecule has 1 saturated heterocycles. The molecule has 2 fully saturated rings. The predicted molar refractivity (Wildman–Crippen MR) is 107 cm³/mol. The van der Waals surface area contributed by atoms with Gasteiger partial charge in [0.15, 0.2) is 0 Å². The smallest absolute Gasteiger partial charge is 0.410 e. The summed E-state index contributed by atoms with van der Waals surface area (Å²) in [5, 5.41) is 5.49. The largest absolute Gasteiger partial charge is 0.444 e. The SMILES string of the molecule is CC(C)(C)OC(=O)N1CC2CC(C(=O)N3N=CCC3c3cc(F)ccc3F)CC2C1. The Bertz CT molecular complexity index is 869. The van der Waals surface area contributed by atoms with E-state index < -0.39 is 23.3 Å². The van der Waals surface area contributed by atoms with Crippen molar-refractivity contribution in [3.8, 4) is 0 Å². The molecular weight excluding hydrogens is 392 g/mol. The van der Waals surface area contributed by atoms with Gasteiger partial charge in [-0.2, -0.15) is 5.10 Å². The van der Waals surface area contributed by atoms with Gasteiger partial charge >= 0.3 is 6.09 Å². The fourth-order valence-electron chi connectivity index (χ4n) is 4.82. The number of halogens is 2. The number of rotatable bonds is 2. The van der Waals surface area contributed by atoms with Gasteiger partial charge < -0.3 is 9.64 Å². The van der Waals surface area contributed by atoms with Crippen LogP contribution in [0.15, 0.2) is 23.3 Å². The fraction of sp³-hybridized carbons (Fsp3) is 0.591. The highest BCUT2D eigenvalue weighted by Gasteiger charge is 2.47. The van der Waals surface area contributed by atoms with Crippen LogP contribution in [-0.2, 0) is 9.53 Å². The summed E-state index contributed by atoms with van der Waals surface area (Å²) in [4.78, 5) is 27.2. The molecule has 1 aromatic carbocycles. The second kappa shape index (κ2) is 7.63. The summed E-state index contributed by atoms with van der Waals surface area (Å²) >= 11 is 0. The highest BCUT2D eigenvalue weighted by molar-refractivity contribution is 5.82. The van der Waals surface area contributed by atoms with Gasteiger partial charge in [0.2, 0.25) is 5.91 Å². The van der Waals surface area contributed by atoms with E-state index in [4.69, 9.17) is 4.74 Å². The van der Waals surface area contributed by atoms with Gasteiger partial charge in [-0.3, -0.25) is 4.79 Å². The number of benzene rings is 1. The Kier molecular flexibility index (Phi) is 5.28. The maximum atomic E-state index is 14.2. The number of hydrogen-bond acceptors (Lipinski definition) is 4. The van der Waals surface area contributed by atoms with Gasteiger partial charge in [-0.25, -0.2) is 18.6 Å². The molecule has 2 heterocycles. The van der Waals surface area contributed by atoms with Crippen molar-refractivity contribution in [2.75, 3.05) is 13.1 Å². The monoisotopic (exact) mass is 419 g/mol. The molecule has 6 nitrogen and oxygen atoms in total. The molecule has 0 bridgehead atoms. The zero-order chi connectivity index (χ0) is 21.6. The average molecular weight is 419 g/mol. The topological polar surface area (TPSA) is 62.2 Å². The molecule has 0 radical (unpaired) electrons. The van der Waals surface area contributed by atoms with Crippen molar-refractivity contribution in [2.45, 2.75) is 51.7 Å². The van der Waals surface area contributed by atoms with Crippen LogP contribution < -0.4 is 0 Å². The molecule has 8 heteroatoms. The standard InChI is InChI=1S/C22H27F2N3O3/c1-22(2,3)30-21(29)26-11-14-8-13(9-15(14)12-26)20(28)27-19(6-7-25-27)17-10-16(23)4-5-18(17)24/h4-5,7,10,13-15,19H,6,8-9,11-12H2,1-3H3. The van der Waals surface area contributed by atoms with Crippen LogP contribution in [0.1, 0.15) is 51.6 Å². The molecule has 1 aliphatic carbocycles. The van der Waals surface area contributed by atoms with Gasteiger partial charge in [-0.15, -0.1) is 0 Å². The third-order valence-electron chi connectivity index (χ3n) is 6.12. The summed E-state index contributed by atoms with van der Waals surface area (Å²) in [5.41, 5.74) is -0.391. The normalized spacial score (nSPS) is 28.2. The van der Waals surface area contributed by atoms with E-state index in [1.54, 1.807) is 11.1 Å². The number of hydrogen-bond donors (Lipinski definition) is 0. The summed E-state index contributed by atoms with van der Waals surface area (Å²) in [5.74, 6) is -0.986. The number of carbonyl (C=O) groups is 2. The second-order valence-corrected chi connectivity index (χ2v) is 9.47. The summed E-state index contributed by atoms with van der Waals surface area (Å²) in [6, 6.07) is 2.66. The quantitative estimate of drug-likeness (QED) is 0.725. The van der Waals surface area contributed by atoms with E-state index in [0.29, 0.717) is 32.4 Å². The summed E-state index contributed by atoms with van der Waals surface area (Å²) < 4.78 is 33.3. The minimum absolute atomic E-state index is 0.148. The van der Waals surface area contributed by atoms with Crippen LogP contribution in [0.25, 0.3) is 0 Å². The maximum Gasteiger partial charge on any atom is 0.410 e. The molecule has 3 aliphatic rings. The van der Waals surface area contributed by atoms with E-state index in [2.05, 4.69) is 5.10 Å². The Balaban J connectivity index is 1.40. The zero-order valence-corrected chi connectivity index (χ0v) is 17.5. The van der Waals surface area contributed by atoms with E-state index in [1.807, 2.05) is 20.8 Å². The van der Waals surface area contributed by atoms with Gasteiger partial charge in [-0.05, 0) is 63.6 Å². The summed E-state index contributed by atoms with van der Waals surface area (Å²) in [6.45, 7) is 6.67. The molecule has 3 unspecified atom stereocenters. The van der Waals surface area contributed by atoms with Gasteiger partial charge in [-0.1, -0.05) is 0 Å². The lowest BCUT2D eigenvalue weighted by Gasteiger charge is -2.27. The molecule has 162 valence electrons. The second-order valence-electron chi connectivity index (χ2n) is 9.47. The molecular formula is C22H27F2N3O3. The van der Waals surface area contributed by atoms with Crippen LogP contribution in [0.5, 0.6) is 0 Å². The minimum Gasteiger partial charge on any atom is -0.444 e. The van der Waals surface area contributed by atoms with E-state index in [-0.39, 0.29) is 35.3 Å². The van der Waals surface area contributed by atoms with Crippen LogP contribution in [0.4, 0.5) is 13.6 Å². The number of fused-ring (bicyclic) bond motifs is 1. The van der Waals surface area contributed by atoms with Crippen molar-refractivity contribution in [2.24, 2.45) is 22.9 Å². The van der Waals surface area contributed by atoms with Gasteiger partial charge in [0, 0.05) is 37.2 Å². The Morgan fingerprint density at radius 3 is 2.43 bits per heavy atom. The van der Waals surface area contributed by atoms with Crippen molar-refractivity contribution >= 4 is 18.2 Å². The Labute approximate surface area is 174 Å². The van der Waals surface area contributed by atoms with Crippen LogP contribution in [0, 0.1) is 29.4 Å². The first kappa shape index (κ1) is 20.8. The number of ether oxygens (including phenoxy) is 1. The van der Waals surface area contributed by atoms with Crippen LogP contribution in [0.2, 0.25) is 0 Å².